The summed E-state index contributed by atoms with van der Waals surface area (Å²) in [6, 6.07) is 13.0. The van der Waals surface area contributed by atoms with Gasteiger partial charge in [0.2, 0.25) is 0 Å². The molecule has 2 aromatic rings. The molecular formula is C15H14ClF. The van der Waals surface area contributed by atoms with Gasteiger partial charge >= 0.3 is 0 Å². The van der Waals surface area contributed by atoms with Crippen LogP contribution in [0.2, 0.25) is 5.02 Å². The van der Waals surface area contributed by atoms with Crippen molar-refractivity contribution in [3.05, 3.63) is 70.0 Å². The fourth-order valence-corrected chi connectivity index (χ4v) is 2.09. The molecule has 0 unspecified atom stereocenters. The van der Waals surface area contributed by atoms with Crippen molar-refractivity contribution in [2.75, 3.05) is 0 Å². The van der Waals surface area contributed by atoms with Gasteiger partial charge in [-0.15, -0.1) is 0 Å². The van der Waals surface area contributed by atoms with E-state index in [2.05, 4.69) is 19.1 Å². The van der Waals surface area contributed by atoms with Crippen LogP contribution in [0.3, 0.4) is 0 Å². The second-order valence-corrected chi connectivity index (χ2v) is 4.46. The zero-order valence-electron chi connectivity index (χ0n) is 9.71. The van der Waals surface area contributed by atoms with Gasteiger partial charge in [-0.2, -0.15) is 0 Å². The van der Waals surface area contributed by atoms with Crippen LogP contribution in [-0.4, -0.2) is 0 Å². The van der Waals surface area contributed by atoms with Crippen molar-refractivity contribution in [2.24, 2.45) is 0 Å². The number of hydrogen-bond donors (Lipinski definition) is 0. The van der Waals surface area contributed by atoms with Crippen molar-refractivity contribution >= 4 is 11.6 Å². The largest absolute Gasteiger partial charge is 0.207 e. The summed E-state index contributed by atoms with van der Waals surface area (Å²) in [5.74, 6) is -0.237. The third-order valence-electron chi connectivity index (χ3n) is 2.84. The Morgan fingerprint density at radius 2 is 1.76 bits per heavy atom. The molecule has 2 rings (SSSR count). The zero-order valence-corrected chi connectivity index (χ0v) is 10.5. The minimum absolute atomic E-state index is 0.237. The Morgan fingerprint density at radius 1 is 1.06 bits per heavy atom. The van der Waals surface area contributed by atoms with Gasteiger partial charge in [0.25, 0.3) is 0 Å². The number of aryl methyl sites for hydroxylation is 1. The van der Waals surface area contributed by atoms with Crippen LogP contribution in [0, 0.1) is 5.82 Å². The Labute approximate surface area is 106 Å². The summed E-state index contributed by atoms with van der Waals surface area (Å²) < 4.78 is 13.6. The van der Waals surface area contributed by atoms with E-state index in [-0.39, 0.29) is 5.82 Å². The molecule has 0 heterocycles. The van der Waals surface area contributed by atoms with Crippen LogP contribution in [0.25, 0.3) is 0 Å². The number of hydrogen-bond acceptors (Lipinski definition) is 0. The average Bonchev–Trinajstić information content (AvgIpc) is 2.34. The smallest absolute Gasteiger partial charge is 0.128 e. The van der Waals surface area contributed by atoms with Crippen LogP contribution in [0.4, 0.5) is 4.39 Å². The van der Waals surface area contributed by atoms with Gasteiger partial charge in [-0.25, -0.2) is 4.39 Å². The van der Waals surface area contributed by atoms with Crippen molar-refractivity contribution in [3.63, 3.8) is 0 Å². The van der Waals surface area contributed by atoms with Crippen molar-refractivity contribution in [1.29, 1.82) is 0 Å². The van der Waals surface area contributed by atoms with E-state index in [0.29, 0.717) is 17.0 Å². The fourth-order valence-electron chi connectivity index (χ4n) is 1.86. The first-order valence-corrected chi connectivity index (χ1v) is 6.09. The quantitative estimate of drug-likeness (QED) is 0.743. The number of rotatable bonds is 3. The summed E-state index contributed by atoms with van der Waals surface area (Å²) in [5.41, 5.74) is 2.92. The first-order valence-electron chi connectivity index (χ1n) is 5.71. The monoisotopic (exact) mass is 248 g/mol. The molecule has 0 nitrogen and oxygen atoms in total. The standard InChI is InChI=1S/C15H14ClF/c1-2-11-5-3-6-12(9-11)10-13-14(16)7-4-8-15(13)17/h3-9H,2,10H2,1H3. The number of benzene rings is 2. The van der Waals surface area contributed by atoms with E-state index in [0.717, 1.165) is 12.0 Å². The second-order valence-electron chi connectivity index (χ2n) is 4.05. The highest BCUT2D eigenvalue weighted by atomic mass is 35.5. The lowest BCUT2D eigenvalue weighted by molar-refractivity contribution is 0.614. The summed E-state index contributed by atoms with van der Waals surface area (Å²) in [5, 5.41) is 0.493. The van der Waals surface area contributed by atoms with Crippen molar-refractivity contribution in [3.8, 4) is 0 Å². The van der Waals surface area contributed by atoms with Gasteiger partial charge in [0.15, 0.2) is 0 Å². The van der Waals surface area contributed by atoms with Gasteiger partial charge in [-0.05, 0) is 29.7 Å². The normalized spacial score (nSPS) is 10.5. The highest BCUT2D eigenvalue weighted by molar-refractivity contribution is 6.31. The maximum atomic E-state index is 13.6. The van der Waals surface area contributed by atoms with Crippen LogP contribution < -0.4 is 0 Å². The molecule has 0 saturated heterocycles. The van der Waals surface area contributed by atoms with E-state index in [1.807, 2.05) is 12.1 Å². The molecule has 0 amide bonds. The fraction of sp³-hybridized carbons (Fsp3) is 0.200. The van der Waals surface area contributed by atoms with Crippen LogP contribution in [0.1, 0.15) is 23.6 Å². The molecule has 0 atom stereocenters. The van der Waals surface area contributed by atoms with Crippen molar-refractivity contribution in [2.45, 2.75) is 19.8 Å². The van der Waals surface area contributed by atoms with Gasteiger partial charge in [0.1, 0.15) is 5.82 Å². The lowest BCUT2D eigenvalue weighted by Gasteiger charge is -2.07. The maximum Gasteiger partial charge on any atom is 0.128 e. The third kappa shape index (κ3) is 2.86. The predicted molar refractivity (Wildman–Crippen MR) is 70.0 cm³/mol. The average molecular weight is 249 g/mol. The van der Waals surface area contributed by atoms with E-state index in [9.17, 15) is 4.39 Å². The molecule has 0 fully saturated rings. The summed E-state index contributed by atoms with van der Waals surface area (Å²) in [7, 11) is 0. The second kappa shape index (κ2) is 5.33. The van der Waals surface area contributed by atoms with Gasteiger partial charge < -0.3 is 0 Å². The van der Waals surface area contributed by atoms with E-state index >= 15 is 0 Å². The molecule has 0 aliphatic rings. The molecule has 0 aromatic heterocycles. The molecule has 0 radical (unpaired) electrons. The van der Waals surface area contributed by atoms with Crippen molar-refractivity contribution in [1.82, 2.24) is 0 Å². The summed E-state index contributed by atoms with van der Waals surface area (Å²) in [6.07, 6.45) is 1.53. The Balaban J connectivity index is 2.31. The third-order valence-corrected chi connectivity index (χ3v) is 3.20. The minimum atomic E-state index is -0.237. The highest BCUT2D eigenvalue weighted by Crippen LogP contribution is 2.22. The zero-order chi connectivity index (χ0) is 12.3. The first-order chi connectivity index (χ1) is 8.20. The van der Waals surface area contributed by atoms with E-state index in [4.69, 9.17) is 11.6 Å². The molecule has 17 heavy (non-hydrogen) atoms. The lowest BCUT2D eigenvalue weighted by Crippen LogP contribution is -1.94. The minimum Gasteiger partial charge on any atom is -0.207 e. The summed E-state index contributed by atoms with van der Waals surface area (Å²) in [6.45, 7) is 2.11. The molecular weight excluding hydrogens is 235 g/mol. The van der Waals surface area contributed by atoms with Gasteiger partial charge in [0, 0.05) is 17.0 Å². The summed E-state index contributed by atoms with van der Waals surface area (Å²) in [4.78, 5) is 0. The van der Waals surface area contributed by atoms with Crippen LogP contribution in [0.15, 0.2) is 42.5 Å². The molecule has 2 heteroatoms. The Bertz CT molecular complexity index is 500. The lowest BCUT2D eigenvalue weighted by atomic mass is 10.0. The van der Waals surface area contributed by atoms with Crippen LogP contribution in [0.5, 0.6) is 0 Å². The van der Waals surface area contributed by atoms with Crippen LogP contribution >= 0.6 is 11.6 Å². The van der Waals surface area contributed by atoms with Gasteiger partial charge in [-0.3, -0.25) is 0 Å². The first kappa shape index (κ1) is 12.1. The Kier molecular flexibility index (Phi) is 3.80. The Morgan fingerprint density at radius 3 is 2.47 bits per heavy atom. The molecule has 2 aromatic carbocycles. The molecule has 0 aliphatic carbocycles. The molecule has 0 saturated carbocycles. The molecule has 0 spiro atoms. The van der Waals surface area contributed by atoms with Crippen LogP contribution in [-0.2, 0) is 12.8 Å². The SMILES string of the molecule is CCc1cccc(Cc2c(F)cccc2Cl)c1. The highest BCUT2D eigenvalue weighted by Gasteiger charge is 2.07. The summed E-state index contributed by atoms with van der Waals surface area (Å²) >= 11 is 6.01. The topological polar surface area (TPSA) is 0 Å². The molecule has 0 aliphatic heterocycles. The predicted octanol–water partition coefficient (Wildman–Crippen LogP) is 4.63. The molecule has 0 bridgehead atoms. The molecule has 88 valence electrons. The van der Waals surface area contributed by atoms with E-state index in [1.54, 1.807) is 12.1 Å². The molecule has 0 N–H and O–H groups in total. The maximum absolute atomic E-state index is 13.6. The Hall–Kier alpha value is -1.34. The van der Waals surface area contributed by atoms with E-state index < -0.39 is 0 Å². The van der Waals surface area contributed by atoms with E-state index in [1.165, 1.54) is 11.6 Å². The number of halogens is 2. The van der Waals surface area contributed by atoms with Crippen molar-refractivity contribution < 1.29 is 4.39 Å². The van der Waals surface area contributed by atoms with Gasteiger partial charge in [-0.1, -0.05) is 48.9 Å². The van der Waals surface area contributed by atoms with Gasteiger partial charge in [0.05, 0.1) is 0 Å².